The standard InChI is InChI=1S/C5H10N2S.HI/c1-4(2)3-7-5(6)8;/h1,3H2,2H3,(H3,6,7,8);1H. The van der Waals surface area contributed by atoms with Gasteiger partial charge in [-0.2, -0.15) is 0 Å². The second-order valence-electron chi connectivity index (χ2n) is 1.67. The average Bonchev–Trinajstić information content (AvgIpc) is 1.61. The van der Waals surface area contributed by atoms with Crippen LogP contribution in [0.15, 0.2) is 12.2 Å². The predicted molar refractivity (Wildman–Crippen MR) is 55.0 cm³/mol. The lowest BCUT2D eigenvalue weighted by Crippen LogP contribution is -2.29. The van der Waals surface area contributed by atoms with Crippen LogP contribution in [0, 0.1) is 0 Å². The highest BCUT2D eigenvalue weighted by molar-refractivity contribution is 14.0. The summed E-state index contributed by atoms with van der Waals surface area (Å²) in [6.45, 7) is 6.23. The Kier molecular flexibility index (Phi) is 8.31. The van der Waals surface area contributed by atoms with Crippen LogP contribution in [0.1, 0.15) is 6.92 Å². The van der Waals surface area contributed by atoms with E-state index in [1.807, 2.05) is 6.92 Å². The molecule has 0 amide bonds. The van der Waals surface area contributed by atoms with Gasteiger partial charge in [-0.05, 0) is 19.1 Å². The lowest BCUT2D eigenvalue weighted by Gasteiger charge is -1.99. The Labute approximate surface area is 77.9 Å². The largest absolute Gasteiger partial charge is 0.376 e. The second-order valence-corrected chi connectivity index (χ2v) is 2.11. The fraction of sp³-hybridized carbons (Fsp3) is 0.400. The van der Waals surface area contributed by atoms with E-state index in [4.69, 9.17) is 5.73 Å². The molecule has 0 atom stereocenters. The van der Waals surface area contributed by atoms with Crippen molar-refractivity contribution in [2.24, 2.45) is 5.73 Å². The lowest BCUT2D eigenvalue weighted by molar-refractivity contribution is 0.993. The highest BCUT2D eigenvalue weighted by atomic mass is 127. The van der Waals surface area contributed by atoms with Crippen molar-refractivity contribution in [1.29, 1.82) is 0 Å². The Bertz CT molecular complexity index is 99.5. The van der Waals surface area contributed by atoms with Crippen molar-refractivity contribution >= 4 is 41.3 Å². The lowest BCUT2D eigenvalue weighted by atomic mass is 10.4. The molecule has 2 nitrogen and oxygen atoms in total. The summed E-state index contributed by atoms with van der Waals surface area (Å²) in [6, 6.07) is 0. The zero-order valence-electron chi connectivity index (χ0n) is 5.31. The highest BCUT2D eigenvalue weighted by Gasteiger charge is 1.83. The summed E-state index contributed by atoms with van der Waals surface area (Å²) >= 11 is 4.54. The molecule has 0 saturated carbocycles. The summed E-state index contributed by atoms with van der Waals surface area (Å²) in [5.74, 6) is 0. The minimum atomic E-state index is 0. The van der Waals surface area contributed by atoms with Crippen LogP contribution in [0.2, 0.25) is 0 Å². The third kappa shape index (κ3) is 11.6. The number of nitrogens with two attached hydrogens (primary N) is 1. The smallest absolute Gasteiger partial charge is 0.163 e. The van der Waals surface area contributed by atoms with Gasteiger partial charge >= 0.3 is 0 Å². The van der Waals surface area contributed by atoms with Gasteiger partial charge in [0.2, 0.25) is 0 Å². The molecule has 0 radical (unpaired) electrons. The van der Waals surface area contributed by atoms with Crippen LogP contribution in [0.3, 0.4) is 0 Å². The molecule has 4 heteroatoms. The van der Waals surface area contributed by atoms with Crippen LogP contribution in [-0.2, 0) is 0 Å². The third-order valence-electron chi connectivity index (χ3n) is 0.564. The number of nitrogens with one attached hydrogen (secondary N) is 1. The first-order valence-corrected chi connectivity index (χ1v) is 2.71. The molecule has 0 unspecified atom stereocenters. The molecule has 0 aliphatic heterocycles. The van der Waals surface area contributed by atoms with E-state index in [0.29, 0.717) is 11.7 Å². The zero-order valence-corrected chi connectivity index (χ0v) is 8.45. The first-order chi connectivity index (χ1) is 3.63. The number of rotatable bonds is 2. The molecule has 0 aliphatic carbocycles. The molecule has 54 valence electrons. The van der Waals surface area contributed by atoms with Crippen molar-refractivity contribution in [3.05, 3.63) is 12.2 Å². The molecule has 0 heterocycles. The fourth-order valence-corrected chi connectivity index (χ4v) is 0.310. The quantitative estimate of drug-likeness (QED) is 0.441. The van der Waals surface area contributed by atoms with Gasteiger partial charge in [-0.1, -0.05) is 12.2 Å². The van der Waals surface area contributed by atoms with Gasteiger partial charge in [0, 0.05) is 6.54 Å². The Morgan fingerprint density at radius 2 is 2.22 bits per heavy atom. The van der Waals surface area contributed by atoms with Crippen molar-refractivity contribution in [3.63, 3.8) is 0 Å². The molecule has 0 aliphatic rings. The topological polar surface area (TPSA) is 38.0 Å². The van der Waals surface area contributed by atoms with Crippen LogP contribution < -0.4 is 11.1 Å². The molecule has 0 spiro atoms. The van der Waals surface area contributed by atoms with E-state index in [2.05, 4.69) is 24.1 Å². The van der Waals surface area contributed by atoms with Gasteiger partial charge in [-0.25, -0.2) is 0 Å². The number of halogens is 1. The Balaban J connectivity index is 0. The van der Waals surface area contributed by atoms with Gasteiger partial charge in [-0.3, -0.25) is 0 Å². The molecule has 0 aromatic carbocycles. The fourth-order valence-electron chi connectivity index (χ4n) is 0.238. The third-order valence-corrected chi connectivity index (χ3v) is 0.709. The highest BCUT2D eigenvalue weighted by Crippen LogP contribution is 1.79. The first-order valence-electron chi connectivity index (χ1n) is 2.30. The van der Waals surface area contributed by atoms with Crippen LogP contribution >= 0.6 is 36.2 Å². The summed E-state index contributed by atoms with van der Waals surface area (Å²) < 4.78 is 0. The number of hydrogen-bond donors (Lipinski definition) is 2. The minimum Gasteiger partial charge on any atom is -0.376 e. The molecular formula is C5H11IN2S. The molecule has 0 saturated heterocycles. The molecule has 0 rings (SSSR count). The SMILES string of the molecule is C=C(C)CNC(N)=S.I. The van der Waals surface area contributed by atoms with Gasteiger partial charge in [0.25, 0.3) is 0 Å². The van der Waals surface area contributed by atoms with Crippen molar-refractivity contribution in [3.8, 4) is 0 Å². The maximum Gasteiger partial charge on any atom is 0.163 e. The summed E-state index contributed by atoms with van der Waals surface area (Å²) in [5.41, 5.74) is 6.15. The Morgan fingerprint density at radius 3 is 2.33 bits per heavy atom. The summed E-state index contributed by atoms with van der Waals surface area (Å²) in [4.78, 5) is 0. The van der Waals surface area contributed by atoms with Gasteiger partial charge in [0.15, 0.2) is 5.11 Å². The second kappa shape index (κ2) is 6.28. The first kappa shape index (κ1) is 11.9. The van der Waals surface area contributed by atoms with Crippen LogP contribution in [0.4, 0.5) is 0 Å². The van der Waals surface area contributed by atoms with Crippen molar-refractivity contribution in [2.45, 2.75) is 6.92 Å². The van der Waals surface area contributed by atoms with Crippen molar-refractivity contribution in [1.82, 2.24) is 5.32 Å². The normalized spacial score (nSPS) is 7.22. The Hall–Kier alpha value is 0.160. The van der Waals surface area contributed by atoms with E-state index in [0.717, 1.165) is 5.57 Å². The van der Waals surface area contributed by atoms with E-state index in [9.17, 15) is 0 Å². The Morgan fingerprint density at radius 1 is 1.78 bits per heavy atom. The van der Waals surface area contributed by atoms with Gasteiger partial charge < -0.3 is 11.1 Å². The van der Waals surface area contributed by atoms with E-state index in [-0.39, 0.29) is 24.0 Å². The van der Waals surface area contributed by atoms with Crippen molar-refractivity contribution < 1.29 is 0 Å². The predicted octanol–water partition coefficient (Wildman–Crippen LogP) is 1.01. The van der Waals surface area contributed by atoms with E-state index in [1.165, 1.54) is 0 Å². The van der Waals surface area contributed by atoms with E-state index < -0.39 is 0 Å². The van der Waals surface area contributed by atoms with Gasteiger partial charge in [0.1, 0.15) is 0 Å². The van der Waals surface area contributed by atoms with Crippen LogP contribution in [-0.4, -0.2) is 11.7 Å². The molecule has 0 fully saturated rings. The maximum atomic E-state index is 5.12. The molecule has 0 bridgehead atoms. The van der Waals surface area contributed by atoms with Crippen LogP contribution in [0.25, 0.3) is 0 Å². The number of thiocarbonyl (C=S) groups is 1. The summed E-state index contributed by atoms with van der Waals surface area (Å²) in [6.07, 6.45) is 0. The average molecular weight is 258 g/mol. The molecular weight excluding hydrogens is 247 g/mol. The minimum absolute atomic E-state index is 0. The monoisotopic (exact) mass is 258 g/mol. The molecule has 0 aromatic rings. The molecule has 0 aromatic heterocycles. The van der Waals surface area contributed by atoms with E-state index in [1.54, 1.807) is 0 Å². The van der Waals surface area contributed by atoms with Crippen molar-refractivity contribution in [2.75, 3.05) is 6.54 Å². The zero-order chi connectivity index (χ0) is 6.57. The summed E-state index contributed by atoms with van der Waals surface area (Å²) in [5, 5.41) is 3.08. The number of hydrogen-bond acceptors (Lipinski definition) is 1. The van der Waals surface area contributed by atoms with Crippen LogP contribution in [0.5, 0.6) is 0 Å². The molecule has 3 N–H and O–H groups in total. The van der Waals surface area contributed by atoms with E-state index >= 15 is 0 Å². The van der Waals surface area contributed by atoms with Gasteiger partial charge in [0.05, 0.1) is 0 Å². The maximum absolute atomic E-state index is 5.12. The van der Waals surface area contributed by atoms with Gasteiger partial charge in [-0.15, -0.1) is 24.0 Å². The molecule has 9 heavy (non-hydrogen) atoms. The summed E-state index contributed by atoms with van der Waals surface area (Å²) in [7, 11) is 0.